The number of rotatable bonds is 2. The SMILES string of the molecule is C[C@]1(c2ccccc2)C[C@H](O)C[C@H](c2ccccc2)N1. The van der Waals surface area contributed by atoms with E-state index in [0.717, 1.165) is 12.8 Å². The molecular formula is C18H21NO. The number of aliphatic hydroxyl groups excluding tert-OH is 1. The van der Waals surface area contributed by atoms with E-state index in [0.29, 0.717) is 0 Å². The zero-order chi connectivity index (χ0) is 14.0. The maximum absolute atomic E-state index is 10.3. The van der Waals surface area contributed by atoms with Crippen LogP contribution in [0.4, 0.5) is 0 Å². The number of aliphatic hydroxyl groups is 1. The third-order valence-electron chi connectivity index (χ3n) is 4.26. The molecule has 2 aromatic rings. The van der Waals surface area contributed by atoms with Crippen LogP contribution in [-0.4, -0.2) is 11.2 Å². The Hall–Kier alpha value is -1.64. The highest BCUT2D eigenvalue weighted by molar-refractivity contribution is 5.28. The molecule has 2 nitrogen and oxygen atoms in total. The molecule has 0 unspecified atom stereocenters. The molecule has 1 heterocycles. The number of hydrogen-bond acceptors (Lipinski definition) is 2. The van der Waals surface area contributed by atoms with Gasteiger partial charge in [0.15, 0.2) is 0 Å². The van der Waals surface area contributed by atoms with Gasteiger partial charge >= 0.3 is 0 Å². The zero-order valence-corrected chi connectivity index (χ0v) is 11.8. The van der Waals surface area contributed by atoms with Gasteiger partial charge in [-0.05, 0) is 30.9 Å². The lowest BCUT2D eigenvalue weighted by Crippen LogP contribution is -2.49. The topological polar surface area (TPSA) is 32.3 Å². The number of benzene rings is 2. The lowest BCUT2D eigenvalue weighted by atomic mass is 9.79. The average molecular weight is 267 g/mol. The van der Waals surface area contributed by atoms with Crippen molar-refractivity contribution in [1.82, 2.24) is 5.32 Å². The summed E-state index contributed by atoms with van der Waals surface area (Å²) in [6.07, 6.45) is 1.25. The quantitative estimate of drug-likeness (QED) is 0.874. The van der Waals surface area contributed by atoms with Gasteiger partial charge in [-0.1, -0.05) is 60.7 Å². The monoisotopic (exact) mass is 267 g/mol. The molecule has 20 heavy (non-hydrogen) atoms. The Morgan fingerprint density at radius 3 is 2.25 bits per heavy atom. The Kier molecular flexibility index (Phi) is 3.60. The minimum Gasteiger partial charge on any atom is -0.393 e. The zero-order valence-electron chi connectivity index (χ0n) is 11.8. The largest absolute Gasteiger partial charge is 0.393 e. The molecule has 2 heteroatoms. The van der Waals surface area contributed by atoms with Crippen molar-refractivity contribution < 1.29 is 5.11 Å². The van der Waals surface area contributed by atoms with Crippen LogP contribution in [-0.2, 0) is 5.54 Å². The molecule has 0 amide bonds. The van der Waals surface area contributed by atoms with Crippen LogP contribution in [0.1, 0.15) is 36.9 Å². The Bertz CT molecular complexity index is 554. The first-order valence-electron chi connectivity index (χ1n) is 7.24. The predicted molar refractivity (Wildman–Crippen MR) is 81.4 cm³/mol. The molecule has 0 radical (unpaired) electrons. The minimum atomic E-state index is -0.272. The minimum absolute atomic E-state index is 0.181. The third-order valence-corrected chi connectivity index (χ3v) is 4.26. The van der Waals surface area contributed by atoms with Crippen molar-refractivity contribution in [1.29, 1.82) is 0 Å². The first-order valence-corrected chi connectivity index (χ1v) is 7.24. The highest BCUT2D eigenvalue weighted by Gasteiger charge is 2.37. The predicted octanol–water partition coefficient (Wildman–Crippen LogP) is 3.39. The van der Waals surface area contributed by atoms with Gasteiger partial charge in [0, 0.05) is 11.6 Å². The molecule has 0 spiro atoms. The number of piperidine rings is 1. The highest BCUT2D eigenvalue weighted by Crippen LogP contribution is 2.37. The summed E-state index contributed by atoms with van der Waals surface area (Å²) >= 11 is 0. The van der Waals surface area contributed by atoms with E-state index in [9.17, 15) is 5.11 Å². The maximum Gasteiger partial charge on any atom is 0.0579 e. The Labute approximate surface area is 120 Å². The van der Waals surface area contributed by atoms with E-state index in [1.807, 2.05) is 12.1 Å². The van der Waals surface area contributed by atoms with Crippen LogP contribution < -0.4 is 5.32 Å². The second-order valence-corrected chi connectivity index (χ2v) is 5.90. The fourth-order valence-corrected chi connectivity index (χ4v) is 3.24. The van der Waals surface area contributed by atoms with E-state index in [1.165, 1.54) is 11.1 Å². The second kappa shape index (κ2) is 5.39. The van der Waals surface area contributed by atoms with E-state index in [2.05, 4.69) is 60.8 Å². The normalized spacial score (nSPS) is 30.1. The molecule has 2 N–H and O–H groups in total. The van der Waals surface area contributed by atoms with Crippen molar-refractivity contribution >= 4 is 0 Å². The van der Waals surface area contributed by atoms with Crippen LogP contribution in [0, 0.1) is 0 Å². The van der Waals surface area contributed by atoms with Crippen molar-refractivity contribution in [3.05, 3.63) is 71.8 Å². The van der Waals surface area contributed by atoms with Crippen LogP contribution >= 0.6 is 0 Å². The fourth-order valence-electron chi connectivity index (χ4n) is 3.24. The van der Waals surface area contributed by atoms with Gasteiger partial charge in [0.1, 0.15) is 0 Å². The lowest BCUT2D eigenvalue weighted by Gasteiger charge is -2.43. The van der Waals surface area contributed by atoms with E-state index in [4.69, 9.17) is 0 Å². The fraction of sp³-hybridized carbons (Fsp3) is 0.333. The van der Waals surface area contributed by atoms with Crippen molar-refractivity contribution in [3.63, 3.8) is 0 Å². The molecule has 0 aromatic heterocycles. The van der Waals surface area contributed by atoms with Crippen molar-refractivity contribution in [3.8, 4) is 0 Å². The molecule has 0 bridgehead atoms. The number of nitrogens with one attached hydrogen (secondary N) is 1. The summed E-state index contributed by atoms with van der Waals surface area (Å²) in [5.74, 6) is 0. The van der Waals surface area contributed by atoms with Crippen molar-refractivity contribution in [2.45, 2.75) is 37.5 Å². The molecule has 0 saturated carbocycles. The Morgan fingerprint density at radius 2 is 1.60 bits per heavy atom. The highest BCUT2D eigenvalue weighted by atomic mass is 16.3. The summed E-state index contributed by atoms with van der Waals surface area (Å²) in [4.78, 5) is 0. The van der Waals surface area contributed by atoms with Gasteiger partial charge < -0.3 is 10.4 Å². The summed E-state index contributed by atoms with van der Waals surface area (Å²) in [5.41, 5.74) is 2.30. The smallest absolute Gasteiger partial charge is 0.0579 e. The van der Waals surface area contributed by atoms with Crippen molar-refractivity contribution in [2.24, 2.45) is 0 Å². The second-order valence-electron chi connectivity index (χ2n) is 5.90. The summed E-state index contributed by atoms with van der Waals surface area (Å²) < 4.78 is 0. The van der Waals surface area contributed by atoms with Gasteiger partial charge in [0.25, 0.3) is 0 Å². The molecule has 104 valence electrons. The molecule has 1 aliphatic heterocycles. The van der Waals surface area contributed by atoms with E-state index in [1.54, 1.807) is 0 Å². The number of hydrogen-bond donors (Lipinski definition) is 2. The van der Waals surface area contributed by atoms with Crippen LogP contribution in [0.3, 0.4) is 0 Å². The first kappa shape index (κ1) is 13.3. The van der Waals surface area contributed by atoms with Gasteiger partial charge in [0.2, 0.25) is 0 Å². The summed E-state index contributed by atoms with van der Waals surface area (Å²) in [5, 5.41) is 14.0. The van der Waals surface area contributed by atoms with E-state index < -0.39 is 0 Å². The van der Waals surface area contributed by atoms with E-state index >= 15 is 0 Å². The average Bonchev–Trinajstić information content (AvgIpc) is 2.48. The molecule has 3 atom stereocenters. The van der Waals surface area contributed by atoms with Gasteiger partial charge in [-0.2, -0.15) is 0 Å². The van der Waals surface area contributed by atoms with Gasteiger partial charge in [-0.25, -0.2) is 0 Å². The van der Waals surface area contributed by atoms with Crippen LogP contribution in [0.15, 0.2) is 60.7 Å². The standard InChI is InChI=1S/C18H21NO/c1-18(15-10-6-3-7-11-15)13-16(20)12-17(19-18)14-8-4-2-5-9-14/h2-11,16-17,19-20H,12-13H2,1H3/t16-,17-,18-/m1/s1. The first-order chi connectivity index (χ1) is 9.67. The van der Waals surface area contributed by atoms with Gasteiger partial charge in [-0.3, -0.25) is 0 Å². The third kappa shape index (κ3) is 2.62. The van der Waals surface area contributed by atoms with Crippen LogP contribution in [0.5, 0.6) is 0 Å². The molecule has 1 saturated heterocycles. The van der Waals surface area contributed by atoms with E-state index in [-0.39, 0.29) is 17.7 Å². The lowest BCUT2D eigenvalue weighted by molar-refractivity contribution is 0.0583. The summed E-state index contributed by atoms with van der Waals surface area (Å²) in [6.45, 7) is 2.18. The summed E-state index contributed by atoms with van der Waals surface area (Å²) in [7, 11) is 0. The maximum atomic E-state index is 10.3. The molecule has 3 rings (SSSR count). The van der Waals surface area contributed by atoms with Crippen LogP contribution in [0.2, 0.25) is 0 Å². The molecule has 1 aliphatic rings. The molecule has 2 aromatic carbocycles. The Morgan fingerprint density at radius 1 is 1.00 bits per heavy atom. The van der Waals surface area contributed by atoms with Gasteiger partial charge in [-0.15, -0.1) is 0 Å². The summed E-state index contributed by atoms with van der Waals surface area (Å²) in [6, 6.07) is 21.0. The molecule has 0 aliphatic carbocycles. The van der Waals surface area contributed by atoms with Crippen molar-refractivity contribution in [2.75, 3.05) is 0 Å². The molecule has 1 fully saturated rings. The Balaban J connectivity index is 1.90. The molecular weight excluding hydrogens is 246 g/mol. The van der Waals surface area contributed by atoms with Crippen LogP contribution in [0.25, 0.3) is 0 Å². The van der Waals surface area contributed by atoms with Gasteiger partial charge in [0.05, 0.1) is 6.10 Å².